The average Bonchev–Trinajstić information content (AvgIpc) is 2.70. The van der Waals surface area contributed by atoms with E-state index in [1.807, 2.05) is 0 Å². The number of hydrogen-bond acceptors (Lipinski definition) is 13. The zero-order chi connectivity index (χ0) is 21.9. The van der Waals surface area contributed by atoms with Gasteiger partial charge in [-0.1, -0.05) is 0 Å². The van der Waals surface area contributed by atoms with Crippen molar-refractivity contribution >= 4 is 24.5 Å². The van der Waals surface area contributed by atoms with Gasteiger partial charge < -0.3 is 54.8 Å². The SMILES string of the molecule is O=C[C@H](O)[C@@H](O)[C@H](O)[C@H](O)COC(=O)CCC(=O)OC[C@@H](O)[C@H](O)[C@@H](O)C=O. The molecule has 162 valence electrons. The van der Waals surface area contributed by atoms with Gasteiger partial charge in [0.2, 0.25) is 0 Å². The Morgan fingerprint density at radius 3 is 1.39 bits per heavy atom. The lowest BCUT2D eigenvalue weighted by Gasteiger charge is -2.23. The minimum Gasteiger partial charge on any atom is -0.463 e. The van der Waals surface area contributed by atoms with Crippen molar-refractivity contribution in [3.63, 3.8) is 0 Å². The highest BCUT2D eigenvalue weighted by atomic mass is 16.6. The molecule has 0 unspecified atom stereocenters. The van der Waals surface area contributed by atoms with Crippen molar-refractivity contribution in [1.29, 1.82) is 0 Å². The summed E-state index contributed by atoms with van der Waals surface area (Å²) in [6.45, 7) is -1.55. The molecule has 0 aromatic rings. The molecule has 0 saturated heterocycles. The molecule has 0 radical (unpaired) electrons. The lowest BCUT2D eigenvalue weighted by atomic mass is 10.0. The molecule has 28 heavy (non-hydrogen) atoms. The molecule has 13 heteroatoms. The third-order valence-electron chi connectivity index (χ3n) is 3.48. The quantitative estimate of drug-likeness (QED) is 0.105. The molecular weight excluding hydrogens is 388 g/mol. The first-order valence-electron chi connectivity index (χ1n) is 8.03. The van der Waals surface area contributed by atoms with Gasteiger partial charge in [-0.15, -0.1) is 0 Å². The highest BCUT2D eigenvalue weighted by Crippen LogP contribution is 2.06. The van der Waals surface area contributed by atoms with E-state index >= 15 is 0 Å². The Morgan fingerprint density at radius 1 is 0.643 bits per heavy atom. The molecule has 0 aromatic carbocycles. The van der Waals surface area contributed by atoms with Crippen LogP contribution in [0.3, 0.4) is 0 Å². The average molecular weight is 412 g/mol. The second kappa shape index (κ2) is 13.2. The van der Waals surface area contributed by atoms with Crippen LogP contribution in [0.1, 0.15) is 12.8 Å². The van der Waals surface area contributed by atoms with Crippen LogP contribution in [0.25, 0.3) is 0 Å². The van der Waals surface area contributed by atoms with E-state index in [9.17, 15) is 44.7 Å². The van der Waals surface area contributed by atoms with Gasteiger partial charge in [-0.05, 0) is 0 Å². The zero-order valence-corrected chi connectivity index (χ0v) is 14.6. The smallest absolute Gasteiger partial charge is 0.306 e. The van der Waals surface area contributed by atoms with Crippen molar-refractivity contribution in [3.05, 3.63) is 0 Å². The number of carbonyl (C=O) groups is 4. The fourth-order valence-electron chi connectivity index (χ4n) is 1.72. The molecule has 0 aliphatic rings. The Labute approximate surface area is 158 Å². The summed E-state index contributed by atoms with van der Waals surface area (Å²) in [7, 11) is 0. The van der Waals surface area contributed by atoms with Crippen LogP contribution in [0.2, 0.25) is 0 Å². The van der Waals surface area contributed by atoms with Gasteiger partial charge in [0.05, 0.1) is 12.8 Å². The second-order valence-corrected chi connectivity index (χ2v) is 5.73. The maximum Gasteiger partial charge on any atom is 0.306 e. The van der Waals surface area contributed by atoms with Crippen LogP contribution >= 0.6 is 0 Å². The van der Waals surface area contributed by atoms with Gasteiger partial charge in [-0.25, -0.2) is 0 Å². The number of aliphatic hydroxyl groups is 7. The van der Waals surface area contributed by atoms with Crippen LogP contribution in [-0.2, 0) is 28.7 Å². The molecular formula is C15H24O13. The van der Waals surface area contributed by atoms with Crippen molar-refractivity contribution in [2.45, 2.75) is 55.6 Å². The first-order valence-corrected chi connectivity index (χ1v) is 8.03. The standard InChI is InChI=1S/C15H24O13/c16-3-7(18)13(24)9(20)5-27-11(22)1-2-12(23)28-6-10(21)15(26)14(25)8(19)4-17/h3-4,7-10,13-15,18-21,24-26H,1-2,5-6H2/t7-,8-,9+,10+,13+,14+,15+/m0/s1. The lowest BCUT2D eigenvalue weighted by molar-refractivity contribution is -0.160. The molecule has 0 heterocycles. The summed E-state index contributed by atoms with van der Waals surface area (Å²) in [5.74, 6) is -1.97. The first-order chi connectivity index (χ1) is 13.0. The number of rotatable bonds is 14. The molecule has 0 aliphatic heterocycles. The van der Waals surface area contributed by atoms with E-state index < -0.39 is 80.7 Å². The maximum atomic E-state index is 11.5. The molecule has 0 rings (SSSR count). The number of carbonyl (C=O) groups excluding carboxylic acids is 4. The number of aldehydes is 2. The second-order valence-electron chi connectivity index (χ2n) is 5.73. The Hall–Kier alpha value is -2.00. The molecule has 0 spiro atoms. The molecule has 0 saturated carbocycles. The third-order valence-corrected chi connectivity index (χ3v) is 3.48. The Morgan fingerprint density at radius 2 is 1.00 bits per heavy atom. The minimum absolute atomic E-state index is 0.0181. The molecule has 0 amide bonds. The van der Waals surface area contributed by atoms with Crippen molar-refractivity contribution in [2.24, 2.45) is 0 Å². The fourth-order valence-corrected chi connectivity index (χ4v) is 1.72. The summed E-state index contributed by atoms with van der Waals surface area (Å²) in [5.41, 5.74) is 0. The normalized spacial score (nSPS) is 18.7. The van der Waals surface area contributed by atoms with Crippen LogP contribution in [0.15, 0.2) is 0 Å². The first kappa shape index (κ1) is 26.0. The van der Waals surface area contributed by atoms with E-state index in [4.69, 9.17) is 10.2 Å². The summed E-state index contributed by atoms with van der Waals surface area (Å²) < 4.78 is 9.09. The maximum absolute atomic E-state index is 11.5. The van der Waals surface area contributed by atoms with Crippen molar-refractivity contribution in [2.75, 3.05) is 13.2 Å². The summed E-state index contributed by atoms with van der Waals surface area (Å²) in [6, 6.07) is 0. The number of ether oxygens (including phenoxy) is 2. The Balaban J connectivity index is 4.16. The van der Waals surface area contributed by atoms with Crippen LogP contribution in [0.5, 0.6) is 0 Å². The molecule has 13 nitrogen and oxygen atoms in total. The summed E-state index contributed by atoms with van der Waals surface area (Å²) in [4.78, 5) is 43.4. The van der Waals surface area contributed by atoms with Gasteiger partial charge in [0, 0.05) is 0 Å². The topological polar surface area (TPSA) is 228 Å². The van der Waals surface area contributed by atoms with E-state index in [0.717, 1.165) is 0 Å². The van der Waals surface area contributed by atoms with Crippen molar-refractivity contribution < 1.29 is 64.4 Å². The van der Waals surface area contributed by atoms with E-state index in [-0.39, 0.29) is 12.6 Å². The van der Waals surface area contributed by atoms with Crippen LogP contribution in [0.4, 0.5) is 0 Å². The molecule has 0 bridgehead atoms. The van der Waals surface area contributed by atoms with E-state index in [0.29, 0.717) is 0 Å². The largest absolute Gasteiger partial charge is 0.463 e. The predicted octanol–water partition coefficient (Wildman–Crippen LogP) is -5.22. The van der Waals surface area contributed by atoms with Crippen LogP contribution in [0, 0.1) is 0 Å². The van der Waals surface area contributed by atoms with E-state index in [2.05, 4.69) is 9.47 Å². The Bertz CT molecular complexity index is 510. The zero-order valence-electron chi connectivity index (χ0n) is 14.6. The number of esters is 2. The molecule has 0 fully saturated rings. The third kappa shape index (κ3) is 9.27. The van der Waals surface area contributed by atoms with Crippen molar-refractivity contribution in [3.8, 4) is 0 Å². The van der Waals surface area contributed by atoms with Gasteiger partial charge in [-0.2, -0.15) is 0 Å². The predicted molar refractivity (Wildman–Crippen MR) is 85.3 cm³/mol. The highest BCUT2D eigenvalue weighted by Gasteiger charge is 2.31. The molecule has 0 aromatic heterocycles. The van der Waals surface area contributed by atoms with Crippen molar-refractivity contribution in [1.82, 2.24) is 0 Å². The van der Waals surface area contributed by atoms with Crippen LogP contribution < -0.4 is 0 Å². The molecule has 7 atom stereocenters. The number of aliphatic hydroxyl groups excluding tert-OH is 7. The van der Waals surface area contributed by atoms with Gasteiger partial charge in [0.15, 0.2) is 12.6 Å². The summed E-state index contributed by atoms with van der Waals surface area (Å²) in [6.07, 6.45) is -14.3. The molecule has 0 aliphatic carbocycles. The molecule has 7 N–H and O–H groups in total. The van der Waals surface area contributed by atoms with Crippen LogP contribution in [-0.4, -0.2) is 116 Å². The van der Waals surface area contributed by atoms with E-state index in [1.54, 1.807) is 0 Å². The summed E-state index contributed by atoms with van der Waals surface area (Å²) in [5, 5.41) is 65.0. The van der Waals surface area contributed by atoms with Gasteiger partial charge >= 0.3 is 11.9 Å². The lowest BCUT2D eigenvalue weighted by Crippen LogP contribution is -2.46. The van der Waals surface area contributed by atoms with Gasteiger partial charge in [0.25, 0.3) is 0 Å². The Kier molecular flexibility index (Phi) is 12.3. The summed E-state index contributed by atoms with van der Waals surface area (Å²) >= 11 is 0. The fraction of sp³-hybridized carbons (Fsp3) is 0.733. The van der Waals surface area contributed by atoms with Gasteiger partial charge in [0.1, 0.15) is 55.9 Å². The van der Waals surface area contributed by atoms with Gasteiger partial charge in [-0.3, -0.25) is 9.59 Å². The number of hydrogen-bond donors (Lipinski definition) is 7. The van der Waals surface area contributed by atoms with E-state index in [1.165, 1.54) is 0 Å². The highest BCUT2D eigenvalue weighted by molar-refractivity contribution is 5.77. The minimum atomic E-state index is -2.00. The monoisotopic (exact) mass is 412 g/mol.